The summed E-state index contributed by atoms with van der Waals surface area (Å²) >= 11 is 0. The molecule has 31 heavy (non-hydrogen) atoms. The van der Waals surface area contributed by atoms with E-state index in [9.17, 15) is 18.0 Å². The van der Waals surface area contributed by atoms with Crippen molar-refractivity contribution in [2.24, 2.45) is 5.10 Å². The van der Waals surface area contributed by atoms with E-state index in [0.29, 0.717) is 17.8 Å². The number of fused-ring (bicyclic) bond motifs is 1. The van der Waals surface area contributed by atoms with E-state index < -0.39 is 29.0 Å². The summed E-state index contributed by atoms with van der Waals surface area (Å²) in [4.78, 5) is 13.1. The van der Waals surface area contributed by atoms with Crippen LogP contribution in [0.2, 0.25) is 0 Å². The molecule has 4 nitrogen and oxygen atoms in total. The number of aryl methyl sites for hydroxylation is 1. The summed E-state index contributed by atoms with van der Waals surface area (Å²) in [5, 5.41) is 5.89. The number of halogens is 3. The molecule has 2 aromatic carbocycles. The topological polar surface area (TPSA) is 37.6 Å². The number of amides is 1. The third-order valence-electron chi connectivity index (χ3n) is 5.61. The lowest BCUT2D eigenvalue weighted by Gasteiger charge is -2.14. The van der Waals surface area contributed by atoms with Crippen molar-refractivity contribution in [3.63, 3.8) is 0 Å². The van der Waals surface area contributed by atoms with Gasteiger partial charge < -0.3 is 4.57 Å². The zero-order valence-electron chi connectivity index (χ0n) is 17.9. The van der Waals surface area contributed by atoms with Crippen molar-refractivity contribution < 1.29 is 18.0 Å². The maximum atomic E-state index is 14.3. The van der Waals surface area contributed by atoms with Crippen molar-refractivity contribution in [3.8, 4) is 0 Å². The predicted molar refractivity (Wildman–Crippen MR) is 117 cm³/mol. The average molecular weight is 425 g/mol. The van der Waals surface area contributed by atoms with Gasteiger partial charge in [-0.05, 0) is 46.3 Å². The molecule has 0 N–H and O–H groups in total. The van der Waals surface area contributed by atoms with Crippen molar-refractivity contribution in [1.29, 1.82) is 0 Å². The van der Waals surface area contributed by atoms with Gasteiger partial charge in [-0.15, -0.1) is 0 Å². The third kappa shape index (κ3) is 3.24. The first kappa shape index (κ1) is 20.9. The Kier molecular flexibility index (Phi) is 5.00. The lowest BCUT2D eigenvalue weighted by atomic mass is 10.0. The molecule has 3 aromatic rings. The third-order valence-corrected chi connectivity index (χ3v) is 5.61. The van der Waals surface area contributed by atoms with Gasteiger partial charge in [0.05, 0.1) is 16.8 Å². The Hall–Kier alpha value is -3.35. The van der Waals surface area contributed by atoms with Crippen LogP contribution in [0, 0.1) is 31.3 Å². The Morgan fingerprint density at radius 2 is 1.68 bits per heavy atom. The number of hydrogen-bond acceptors (Lipinski definition) is 2. The molecule has 1 aromatic heterocycles. The highest BCUT2D eigenvalue weighted by molar-refractivity contribution is 6.32. The molecular weight excluding hydrogens is 403 g/mol. The zero-order valence-corrected chi connectivity index (χ0v) is 17.9. The van der Waals surface area contributed by atoms with E-state index in [1.807, 2.05) is 32.0 Å². The molecule has 7 heteroatoms. The molecule has 0 spiro atoms. The number of nitrogens with zero attached hydrogens (tertiary/aromatic N) is 3. The van der Waals surface area contributed by atoms with Gasteiger partial charge in [-0.1, -0.05) is 18.2 Å². The number of benzene rings is 2. The van der Waals surface area contributed by atoms with E-state index in [2.05, 4.69) is 23.5 Å². The van der Waals surface area contributed by atoms with Crippen LogP contribution >= 0.6 is 0 Å². The minimum atomic E-state index is -1.32. The molecule has 0 bridgehead atoms. The normalized spacial score (nSPS) is 15.6. The van der Waals surface area contributed by atoms with Crippen LogP contribution in [0.3, 0.4) is 0 Å². The maximum Gasteiger partial charge on any atom is 0.280 e. The quantitative estimate of drug-likeness (QED) is 0.371. The van der Waals surface area contributed by atoms with Gasteiger partial charge in [0.2, 0.25) is 0 Å². The van der Waals surface area contributed by atoms with Crippen molar-refractivity contribution >= 4 is 34.3 Å². The number of rotatable bonds is 3. The second kappa shape index (κ2) is 7.41. The molecule has 0 saturated heterocycles. The van der Waals surface area contributed by atoms with Crippen LogP contribution < -0.4 is 5.01 Å². The minimum absolute atomic E-state index is 0.206. The van der Waals surface area contributed by atoms with Crippen LogP contribution in [-0.2, 0) is 4.79 Å². The maximum absolute atomic E-state index is 14.3. The Morgan fingerprint density at radius 1 is 1.00 bits per heavy atom. The molecule has 160 valence electrons. The second-order valence-electron chi connectivity index (χ2n) is 8.01. The number of carbonyl (C=O) groups excluding carboxylic acids is 1. The Labute approximate surface area is 178 Å². The Bertz CT molecular complexity index is 1300. The molecule has 0 radical (unpaired) electrons. The molecule has 4 rings (SSSR count). The van der Waals surface area contributed by atoms with E-state index in [0.717, 1.165) is 32.7 Å². The van der Waals surface area contributed by atoms with Gasteiger partial charge in [0.15, 0.2) is 17.5 Å². The summed E-state index contributed by atoms with van der Waals surface area (Å²) in [6, 6.07) is 7.26. The SMILES string of the molecule is CC1=NN(c2cc(F)c(F)cc2F)C(=O)/C1=C/c1c(C)n(C(C)C)c2c(C)cccc12. The minimum Gasteiger partial charge on any atom is -0.342 e. The molecule has 1 aliphatic rings. The van der Waals surface area contributed by atoms with Crippen molar-refractivity contribution in [3.05, 3.63) is 70.2 Å². The molecule has 0 aliphatic carbocycles. The van der Waals surface area contributed by atoms with Gasteiger partial charge in [0, 0.05) is 34.8 Å². The fourth-order valence-electron chi connectivity index (χ4n) is 4.18. The first-order valence-electron chi connectivity index (χ1n) is 9.98. The number of hydrogen-bond donors (Lipinski definition) is 0. The summed E-state index contributed by atoms with van der Waals surface area (Å²) in [5.74, 6) is -4.23. The lowest BCUT2D eigenvalue weighted by Crippen LogP contribution is -2.22. The molecule has 0 fully saturated rings. The van der Waals surface area contributed by atoms with Crippen LogP contribution in [0.25, 0.3) is 17.0 Å². The van der Waals surface area contributed by atoms with Crippen molar-refractivity contribution in [2.45, 2.75) is 40.7 Å². The largest absolute Gasteiger partial charge is 0.342 e. The molecule has 0 saturated carbocycles. The van der Waals surface area contributed by atoms with Crippen LogP contribution in [0.4, 0.5) is 18.9 Å². The first-order chi connectivity index (χ1) is 14.6. The molecule has 0 unspecified atom stereocenters. The molecular formula is C24H22F3N3O. The Balaban J connectivity index is 1.87. The van der Waals surface area contributed by atoms with Gasteiger partial charge in [-0.25, -0.2) is 13.2 Å². The van der Waals surface area contributed by atoms with Gasteiger partial charge in [-0.2, -0.15) is 10.1 Å². The van der Waals surface area contributed by atoms with E-state index in [4.69, 9.17) is 0 Å². The summed E-state index contributed by atoms with van der Waals surface area (Å²) in [6.07, 6.45) is 1.74. The molecule has 2 heterocycles. The average Bonchev–Trinajstić information content (AvgIpc) is 3.14. The van der Waals surface area contributed by atoms with Crippen LogP contribution in [0.1, 0.15) is 43.6 Å². The summed E-state index contributed by atoms with van der Waals surface area (Å²) < 4.78 is 43.5. The zero-order chi connectivity index (χ0) is 22.6. The van der Waals surface area contributed by atoms with E-state index in [1.54, 1.807) is 13.0 Å². The number of para-hydroxylation sites is 1. The molecule has 1 amide bonds. The fourth-order valence-corrected chi connectivity index (χ4v) is 4.18. The van der Waals surface area contributed by atoms with E-state index in [-0.39, 0.29) is 11.6 Å². The summed E-state index contributed by atoms with van der Waals surface area (Å²) in [5.41, 5.74) is 4.28. The van der Waals surface area contributed by atoms with Gasteiger partial charge in [0.25, 0.3) is 5.91 Å². The predicted octanol–water partition coefficient (Wildman–Crippen LogP) is 6.06. The van der Waals surface area contributed by atoms with Crippen molar-refractivity contribution in [1.82, 2.24) is 4.57 Å². The van der Waals surface area contributed by atoms with Gasteiger partial charge in [-0.3, -0.25) is 4.79 Å². The van der Waals surface area contributed by atoms with Crippen LogP contribution in [-0.4, -0.2) is 16.2 Å². The fraction of sp³-hybridized carbons (Fsp3) is 0.250. The Morgan fingerprint density at radius 3 is 2.35 bits per heavy atom. The smallest absolute Gasteiger partial charge is 0.280 e. The highest BCUT2D eigenvalue weighted by Crippen LogP contribution is 2.35. The lowest BCUT2D eigenvalue weighted by molar-refractivity contribution is -0.114. The number of aromatic nitrogens is 1. The standard InChI is InChI=1S/C24H22F3N3O/c1-12(2)29-15(5)18(16-8-6-7-13(3)23(16)29)9-17-14(4)28-30(24(17)31)22-11-20(26)19(25)10-21(22)27/h6-12H,1-5H3/b17-9+. The van der Waals surface area contributed by atoms with Crippen LogP contribution in [0.15, 0.2) is 41.0 Å². The van der Waals surface area contributed by atoms with E-state index in [1.165, 1.54) is 0 Å². The van der Waals surface area contributed by atoms with Gasteiger partial charge in [0.1, 0.15) is 5.69 Å². The summed E-state index contributed by atoms with van der Waals surface area (Å²) in [6.45, 7) is 9.85. The first-order valence-corrected chi connectivity index (χ1v) is 9.98. The number of carbonyl (C=O) groups is 1. The highest BCUT2D eigenvalue weighted by atomic mass is 19.2. The van der Waals surface area contributed by atoms with Crippen LogP contribution in [0.5, 0.6) is 0 Å². The number of hydrazone groups is 1. The summed E-state index contributed by atoms with van der Waals surface area (Å²) in [7, 11) is 0. The number of anilines is 1. The molecule has 0 atom stereocenters. The van der Waals surface area contributed by atoms with Crippen molar-refractivity contribution in [2.75, 3.05) is 5.01 Å². The van der Waals surface area contributed by atoms with E-state index >= 15 is 0 Å². The van der Waals surface area contributed by atoms with Gasteiger partial charge >= 0.3 is 0 Å². The molecule has 1 aliphatic heterocycles. The monoisotopic (exact) mass is 425 g/mol. The highest BCUT2D eigenvalue weighted by Gasteiger charge is 2.32. The second-order valence-corrected chi connectivity index (χ2v) is 8.01.